The van der Waals surface area contributed by atoms with Gasteiger partial charge in [-0.1, -0.05) is 13.0 Å². The number of hydrogen-bond acceptors (Lipinski definition) is 2. The van der Waals surface area contributed by atoms with Gasteiger partial charge < -0.3 is 5.73 Å². The molecule has 0 aromatic heterocycles. The fraction of sp³-hybridized carbons (Fsp3) is 0.571. The molecule has 1 aromatic rings. The second kappa shape index (κ2) is 5.61. The number of halogens is 1. The Morgan fingerprint density at radius 2 is 2.24 bits per heavy atom. The summed E-state index contributed by atoms with van der Waals surface area (Å²) in [6, 6.07) is 4.92. The Kier molecular flexibility index (Phi) is 4.13. The van der Waals surface area contributed by atoms with Crippen molar-refractivity contribution < 1.29 is 4.39 Å². The molecule has 1 aromatic carbocycles. The van der Waals surface area contributed by atoms with Gasteiger partial charge in [0.15, 0.2) is 0 Å². The Morgan fingerprint density at radius 3 is 2.94 bits per heavy atom. The Labute approximate surface area is 103 Å². The van der Waals surface area contributed by atoms with Crippen molar-refractivity contribution in [2.75, 3.05) is 13.1 Å². The molecule has 3 heteroatoms. The normalized spacial score (nSPS) is 21.7. The van der Waals surface area contributed by atoms with Crippen molar-refractivity contribution in [3.8, 4) is 0 Å². The fourth-order valence-electron chi connectivity index (χ4n) is 2.61. The zero-order valence-electron chi connectivity index (χ0n) is 10.5. The van der Waals surface area contributed by atoms with Crippen LogP contribution in [0.5, 0.6) is 0 Å². The summed E-state index contributed by atoms with van der Waals surface area (Å²) < 4.78 is 13.3. The molecule has 0 radical (unpaired) electrons. The summed E-state index contributed by atoms with van der Waals surface area (Å²) in [4.78, 5) is 2.40. The van der Waals surface area contributed by atoms with Gasteiger partial charge in [0, 0.05) is 19.6 Å². The van der Waals surface area contributed by atoms with E-state index in [1.165, 1.54) is 18.9 Å². The van der Waals surface area contributed by atoms with Crippen LogP contribution in [-0.2, 0) is 13.1 Å². The van der Waals surface area contributed by atoms with Gasteiger partial charge in [-0.05, 0) is 48.6 Å². The minimum atomic E-state index is -0.165. The van der Waals surface area contributed by atoms with Crippen LogP contribution in [0.2, 0.25) is 0 Å². The van der Waals surface area contributed by atoms with Crippen LogP contribution in [0.3, 0.4) is 0 Å². The maximum absolute atomic E-state index is 13.3. The van der Waals surface area contributed by atoms with Gasteiger partial charge in [0.2, 0.25) is 0 Å². The third kappa shape index (κ3) is 3.27. The van der Waals surface area contributed by atoms with Crippen LogP contribution < -0.4 is 5.73 Å². The Balaban J connectivity index is 2.08. The third-order valence-corrected chi connectivity index (χ3v) is 3.52. The lowest BCUT2D eigenvalue weighted by molar-refractivity contribution is 0.176. The van der Waals surface area contributed by atoms with Crippen molar-refractivity contribution in [1.82, 2.24) is 4.90 Å². The van der Waals surface area contributed by atoms with E-state index in [2.05, 4.69) is 11.8 Å². The fourth-order valence-corrected chi connectivity index (χ4v) is 2.61. The van der Waals surface area contributed by atoms with Crippen molar-refractivity contribution >= 4 is 0 Å². The molecule has 0 spiro atoms. The van der Waals surface area contributed by atoms with Crippen molar-refractivity contribution in [2.24, 2.45) is 11.7 Å². The first-order valence-electron chi connectivity index (χ1n) is 6.38. The largest absolute Gasteiger partial charge is 0.326 e. The lowest BCUT2D eigenvalue weighted by atomic mass is 9.99. The Morgan fingerprint density at radius 1 is 1.41 bits per heavy atom. The number of nitrogens with two attached hydrogens (primary N) is 1. The molecule has 94 valence electrons. The first kappa shape index (κ1) is 12.5. The van der Waals surface area contributed by atoms with Crippen LogP contribution in [0.15, 0.2) is 18.2 Å². The average Bonchev–Trinajstić information content (AvgIpc) is 2.29. The molecular formula is C14H21FN2. The monoisotopic (exact) mass is 236 g/mol. The number of piperidine rings is 1. The summed E-state index contributed by atoms with van der Waals surface area (Å²) in [5.41, 5.74) is 7.80. The van der Waals surface area contributed by atoms with E-state index >= 15 is 0 Å². The molecule has 0 bridgehead atoms. The van der Waals surface area contributed by atoms with Gasteiger partial charge in [0.05, 0.1) is 0 Å². The molecule has 2 nitrogen and oxygen atoms in total. The SMILES string of the molecule is CC1CCCN(Cc2cc(F)ccc2CN)C1. The van der Waals surface area contributed by atoms with Crippen molar-refractivity contribution in [2.45, 2.75) is 32.9 Å². The van der Waals surface area contributed by atoms with Crippen LogP contribution in [0.4, 0.5) is 4.39 Å². The van der Waals surface area contributed by atoms with Gasteiger partial charge in [-0.3, -0.25) is 4.90 Å². The highest BCUT2D eigenvalue weighted by molar-refractivity contribution is 5.27. The molecule has 1 fully saturated rings. The first-order valence-corrected chi connectivity index (χ1v) is 6.38. The molecule has 1 unspecified atom stereocenters. The minimum absolute atomic E-state index is 0.165. The van der Waals surface area contributed by atoms with Crippen LogP contribution in [-0.4, -0.2) is 18.0 Å². The molecule has 1 aliphatic rings. The zero-order valence-corrected chi connectivity index (χ0v) is 10.5. The predicted molar refractivity (Wildman–Crippen MR) is 68.0 cm³/mol. The molecular weight excluding hydrogens is 215 g/mol. The topological polar surface area (TPSA) is 29.3 Å². The Hall–Kier alpha value is -0.930. The summed E-state index contributed by atoms with van der Waals surface area (Å²) >= 11 is 0. The maximum atomic E-state index is 13.3. The summed E-state index contributed by atoms with van der Waals surface area (Å²) in [5.74, 6) is 0.584. The third-order valence-electron chi connectivity index (χ3n) is 3.52. The average molecular weight is 236 g/mol. The van der Waals surface area contributed by atoms with Crippen LogP contribution in [0.25, 0.3) is 0 Å². The number of benzene rings is 1. The van der Waals surface area contributed by atoms with Gasteiger partial charge in [-0.2, -0.15) is 0 Å². The minimum Gasteiger partial charge on any atom is -0.326 e. The predicted octanol–water partition coefficient (Wildman–Crippen LogP) is 2.52. The van der Waals surface area contributed by atoms with Crippen LogP contribution in [0.1, 0.15) is 30.9 Å². The summed E-state index contributed by atoms with van der Waals surface area (Å²) in [5, 5.41) is 0. The number of likely N-dealkylation sites (tertiary alicyclic amines) is 1. The summed E-state index contributed by atoms with van der Waals surface area (Å²) in [6.07, 6.45) is 2.55. The van der Waals surface area contributed by atoms with E-state index < -0.39 is 0 Å². The van der Waals surface area contributed by atoms with Gasteiger partial charge in [0.25, 0.3) is 0 Å². The van der Waals surface area contributed by atoms with E-state index in [1.54, 1.807) is 12.1 Å². The van der Waals surface area contributed by atoms with Gasteiger partial charge in [0.1, 0.15) is 5.82 Å². The quantitative estimate of drug-likeness (QED) is 0.873. The van der Waals surface area contributed by atoms with E-state index in [-0.39, 0.29) is 5.82 Å². The number of nitrogens with zero attached hydrogens (tertiary/aromatic N) is 1. The highest BCUT2D eigenvalue weighted by atomic mass is 19.1. The molecule has 1 atom stereocenters. The van der Waals surface area contributed by atoms with Crippen LogP contribution in [0, 0.1) is 11.7 Å². The van der Waals surface area contributed by atoms with Gasteiger partial charge >= 0.3 is 0 Å². The van der Waals surface area contributed by atoms with Crippen molar-refractivity contribution in [3.63, 3.8) is 0 Å². The lowest BCUT2D eigenvalue weighted by Crippen LogP contribution is -2.34. The molecule has 0 aliphatic carbocycles. The van der Waals surface area contributed by atoms with E-state index in [9.17, 15) is 4.39 Å². The van der Waals surface area contributed by atoms with Crippen molar-refractivity contribution in [3.05, 3.63) is 35.1 Å². The second-order valence-corrected chi connectivity index (χ2v) is 5.10. The first-order chi connectivity index (χ1) is 8.19. The van der Waals surface area contributed by atoms with E-state index in [0.29, 0.717) is 6.54 Å². The smallest absolute Gasteiger partial charge is 0.123 e. The molecule has 1 saturated heterocycles. The van der Waals surface area contributed by atoms with E-state index in [4.69, 9.17) is 5.73 Å². The highest BCUT2D eigenvalue weighted by Gasteiger charge is 2.17. The zero-order chi connectivity index (χ0) is 12.3. The maximum Gasteiger partial charge on any atom is 0.123 e. The van der Waals surface area contributed by atoms with Gasteiger partial charge in [-0.15, -0.1) is 0 Å². The highest BCUT2D eigenvalue weighted by Crippen LogP contribution is 2.20. The summed E-state index contributed by atoms with van der Waals surface area (Å²) in [7, 11) is 0. The summed E-state index contributed by atoms with van der Waals surface area (Å²) in [6.45, 7) is 5.82. The molecule has 2 N–H and O–H groups in total. The van der Waals surface area contributed by atoms with E-state index in [1.807, 2.05) is 0 Å². The van der Waals surface area contributed by atoms with E-state index in [0.717, 1.165) is 36.7 Å². The Bertz CT molecular complexity index is 378. The van der Waals surface area contributed by atoms with Gasteiger partial charge in [-0.25, -0.2) is 4.39 Å². The molecule has 1 aliphatic heterocycles. The van der Waals surface area contributed by atoms with Crippen LogP contribution >= 0.6 is 0 Å². The standard InChI is InChI=1S/C14H21FN2/c1-11-3-2-6-17(9-11)10-13-7-14(15)5-4-12(13)8-16/h4-5,7,11H,2-3,6,8-10,16H2,1H3. The molecule has 17 heavy (non-hydrogen) atoms. The number of rotatable bonds is 3. The lowest BCUT2D eigenvalue weighted by Gasteiger charge is -2.31. The molecule has 1 heterocycles. The van der Waals surface area contributed by atoms with Crippen molar-refractivity contribution in [1.29, 1.82) is 0 Å². The molecule has 0 amide bonds. The number of hydrogen-bond donors (Lipinski definition) is 1. The second-order valence-electron chi connectivity index (χ2n) is 5.10. The molecule has 0 saturated carbocycles. The molecule has 2 rings (SSSR count).